The number of hydrogen-bond donors (Lipinski definition) is 0. The van der Waals surface area contributed by atoms with Crippen LogP contribution < -0.4 is 0 Å². The number of hydrogen-bond acceptors (Lipinski definition) is 2. The van der Waals surface area contributed by atoms with Crippen LogP contribution in [-0.4, -0.2) is 17.4 Å². The molecule has 0 aromatic heterocycles. The van der Waals surface area contributed by atoms with Crippen molar-refractivity contribution >= 4 is 5.91 Å². The van der Waals surface area contributed by atoms with Gasteiger partial charge in [0.05, 0.1) is 6.07 Å². The van der Waals surface area contributed by atoms with Crippen LogP contribution in [0.1, 0.15) is 35.3 Å². The summed E-state index contributed by atoms with van der Waals surface area (Å²) in [6.45, 7) is 2.65. The highest BCUT2D eigenvalue weighted by molar-refractivity contribution is 5.99. The normalized spacial score (nSPS) is 18.8. The minimum atomic E-state index is -0.395. The summed E-state index contributed by atoms with van der Waals surface area (Å²) in [7, 11) is 0. The molecule has 76 valence electrons. The van der Waals surface area contributed by atoms with Gasteiger partial charge in [-0.2, -0.15) is 5.26 Å². The second kappa shape index (κ2) is 3.74. The van der Waals surface area contributed by atoms with E-state index < -0.39 is 6.04 Å². The zero-order valence-electron chi connectivity index (χ0n) is 8.60. The lowest BCUT2D eigenvalue weighted by atomic mass is 10.1. The van der Waals surface area contributed by atoms with Crippen molar-refractivity contribution in [2.24, 2.45) is 0 Å². The molecule has 0 fully saturated rings. The van der Waals surface area contributed by atoms with Crippen LogP contribution in [0.2, 0.25) is 0 Å². The van der Waals surface area contributed by atoms with E-state index in [0.717, 1.165) is 12.0 Å². The molecular weight excluding hydrogens is 188 g/mol. The van der Waals surface area contributed by atoms with Gasteiger partial charge in [-0.1, -0.05) is 25.1 Å². The van der Waals surface area contributed by atoms with Crippen molar-refractivity contribution in [1.29, 1.82) is 5.26 Å². The summed E-state index contributed by atoms with van der Waals surface area (Å²) in [5, 5.41) is 9.08. The molecule has 1 aromatic rings. The van der Waals surface area contributed by atoms with Crippen molar-refractivity contribution in [2.45, 2.75) is 19.4 Å². The Bertz CT molecular complexity index is 433. The van der Waals surface area contributed by atoms with Crippen molar-refractivity contribution in [1.82, 2.24) is 4.90 Å². The maximum Gasteiger partial charge on any atom is 0.255 e. The van der Waals surface area contributed by atoms with E-state index in [2.05, 4.69) is 6.07 Å². The van der Waals surface area contributed by atoms with Gasteiger partial charge < -0.3 is 4.90 Å². The maximum atomic E-state index is 11.9. The lowest BCUT2D eigenvalue weighted by molar-refractivity contribution is 0.0758. The number of nitriles is 1. The van der Waals surface area contributed by atoms with Crippen molar-refractivity contribution in [3.63, 3.8) is 0 Å². The molecule has 3 heteroatoms. The first-order valence-corrected chi connectivity index (χ1v) is 5.09. The largest absolute Gasteiger partial charge is 0.319 e. The van der Waals surface area contributed by atoms with Crippen LogP contribution in [-0.2, 0) is 0 Å². The fourth-order valence-electron chi connectivity index (χ4n) is 1.98. The Kier molecular flexibility index (Phi) is 2.42. The van der Waals surface area contributed by atoms with Crippen LogP contribution in [0.15, 0.2) is 24.3 Å². The minimum absolute atomic E-state index is 0.0148. The smallest absolute Gasteiger partial charge is 0.255 e. The third-order valence-electron chi connectivity index (χ3n) is 2.65. The van der Waals surface area contributed by atoms with E-state index in [4.69, 9.17) is 5.26 Å². The SMILES string of the molecule is CCCN1C(=O)c2ccccc2C1C#N. The molecule has 0 spiro atoms. The quantitative estimate of drug-likeness (QED) is 0.734. The van der Waals surface area contributed by atoms with Crippen LogP contribution in [0.5, 0.6) is 0 Å². The number of carbonyl (C=O) groups is 1. The Hall–Kier alpha value is -1.82. The van der Waals surface area contributed by atoms with Gasteiger partial charge in [0.15, 0.2) is 0 Å². The molecule has 1 aliphatic heterocycles. The first kappa shape index (κ1) is 9.72. The fraction of sp³-hybridized carbons (Fsp3) is 0.333. The number of fused-ring (bicyclic) bond motifs is 1. The first-order chi connectivity index (χ1) is 7.29. The van der Waals surface area contributed by atoms with Gasteiger partial charge in [-0.15, -0.1) is 0 Å². The Balaban J connectivity index is 2.45. The summed E-state index contributed by atoms with van der Waals surface area (Å²) in [5.41, 5.74) is 1.52. The number of rotatable bonds is 2. The second-order valence-electron chi connectivity index (χ2n) is 3.62. The van der Waals surface area contributed by atoms with Gasteiger partial charge in [0, 0.05) is 17.7 Å². The standard InChI is InChI=1S/C12H12N2O/c1-2-7-14-11(8-13)9-5-3-4-6-10(9)12(14)15/h3-6,11H,2,7H2,1H3. The molecule has 3 nitrogen and oxygen atoms in total. The van der Waals surface area contributed by atoms with Crippen molar-refractivity contribution in [2.75, 3.05) is 6.54 Å². The summed E-state index contributed by atoms with van der Waals surface area (Å²) < 4.78 is 0. The highest BCUT2D eigenvalue weighted by atomic mass is 16.2. The van der Waals surface area contributed by atoms with Crippen LogP contribution in [0, 0.1) is 11.3 Å². The van der Waals surface area contributed by atoms with Crippen LogP contribution in [0.3, 0.4) is 0 Å². The maximum absolute atomic E-state index is 11.9. The van der Waals surface area contributed by atoms with Gasteiger partial charge in [0.1, 0.15) is 6.04 Å². The Morgan fingerprint density at radius 2 is 2.20 bits per heavy atom. The van der Waals surface area contributed by atoms with E-state index >= 15 is 0 Å². The molecule has 1 aliphatic rings. The van der Waals surface area contributed by atoms with Gasteiger partial charge in [-0.3, -0.25) is 4.79 Å². The highest BCUT2D eigenvalue weighted by Crippen LogP contribution is 2.32. The molecule has 0 bridgehead atoms. The molecule has 0 radical (unpaired) electrons. The summed E-state index contributed by atoms with van der Waals surface area (Å²) in [5.74, 6) is -0.0148. The van der Waals surface area contributed by atoms with Gasteiger partial charge >= 0.3 is 0 Å². The fourth-order valence-corrected chi connectivity index (χ4v) is 1.98. The predicted octanol–water partition coefficient (Wildman–Crippen LogP) is 2.12. The van der Waals surface area contributed by atoms with Crippen LogP contribution >= 0.6 is 0 Å². The van der Waals surface area contributed by atoms with Gasteiger partial charge in [0.25, 0.3) is 5.91 Å². The molecule has 1 unspecified atom stereocenters. The topological polar surface area (TPSA) is 44.1 Å². The van der Waals surface area contributed by atoms with Gasteiger partial charge in [0.2, 0.25) is 0 Å². The molecular formula is C12H12N2O. The van der Waals surface area contributed by atoms with E-state index in [0.29, 0.717) is 12.1 Å². The van der Waals surface area contributed by atoms with Crippen molar-refractivity contribution < 1.29 is 4.79 Å². The second-order valence-corrected chi connectivity index (χ2v) is 3.62. The van der Waals surface area contributed by atoms with E-state index in [1.54, 1.807) is 11.0 Å². The third-order valence-corrected chi connectivity index (χ3v) is 2.65. The van der Waals surface area contributed by atoms with Crippen LogP contribution in [0.4, 0.5) is 0 Å². The lowest BCUT2D eigenvalue weighted by Gasteiger charge is -2.18. The number of amides is 1. The highest BCUT2D eigenvalue weighted by Gasteiger charge is 2.35. The molecule has 1 atom stereocenters. The Morgan fingerprint density at radius 1 is 1.47 bits per heavy atom. The van der Waals surface area contributed by atoms with Crippen molar-refractivity contribution in [3.05, 3.63) is 35.4 Å². The average Bonchev–Trinajstić information content (AvgIpc) is 2.54. The summed E-state index contributed by atoms with van der Waals surface area (Å²) in [6, 6.07) is 9.14. The summed E-state index contributed by atoms with van der Waals surface area (Å²) in [6.07, 6.45) is 0.873. The van der Waals surface area contributed by atoms with Gasteiger partial charge in [-0.25, -0.2) is 0 Å². The monoisotopic (exact) mass is 200 g/mol. The predicted molar refractivity (Wildman–Crippen MR) is 56.1 cm³/mol. The van der Waals surface area contributed by atoms with E-state index in [1.165, 1.54) is 0 Å². The lowest BCUT2D eigenvalue weighted by Crippen LogP contribution is -2.28. The number of benzene rings is 1. The molecule has 15 heavy (non-hydrogen) atoms. The zero-order valence-corrected chi connectivity index (χ0v) is 8.60. The molecule has 0 N–H and O–H groups in total. The van der Waals surface area contributed by atoms with E-state index in [9.17, 15) is 4.79 Å². The molecule has 0 saturated carbocycles. The van der Waals surface area contributed by atoms with E-state index in [-0.39, 0.29) is 5.91 Å². The molecule has 0 saturated heterocycles. The molecule has 1 amide bonds. The summed E-state index contributed by atoms with van der Waals surface area (Å²) >= 11 is 0. The molecule has 0 aliphatic carbocycles. The minimum Gasteiger partial charge on any atom is -0.319 e. The molecule has 2 rings (SSSR count). The Morgan fingerprint density at radius 3 is 2.87 bits per heavy atom. The van der Waals surface area contributed by atoms with E-state index in [1.807, 2.05) is 25.1 Å². The summed E-state index contributed by atoms with van der Waals surface area (Å²) in [4.78, 5) is 13.6. The zero-order chi connectivity index (χ0) is 10.8. The molecule has 1 heterocycles. The van der Waals surface area contributed by atoms with Crippen LogP contribution in [0.25, 0.3) is 0 Å². The number of carbonyl (C=O) groups excluding carboxylic acids is 1. The van der Waals surface area contributed by atoms with Crippen molar-refractivity contribution in [3.8, 4) is 6.07 Å². The van der Waals surface area contributed by atoms with Gasteiger partial charge in [-0.05, 0) is 12.5 Å². The third kappa shape index (κ3) is 1.39. The average molecular weight is 200 g/mol. The molecule has 1 aromatic carbocycles. The number of nitrogens with zero attached hydrogens (tertiary/aromatic N) is 2. The first-order valence-electron chi connectivity index (χ1n) is 5.09. The Labute approximate surface area is 88.9 Å².